The molecular weight excluding hydrogens is 139 g/mol. The Balaban J connectivity index is 2.62. The Morgan fingerprint density at radius 2 is 2.36 bits per heavy atom. The Kier molecular flexibility index (Phi) is 3.09. The summed E-state index contributed by atoms with van der Waals surface area (Å²) >= 11 is 0. The molecule has 59 valence electrons. The number of hydrogen-bond donors (Lipinski definition) is 0. The van der Waals surface area contributed by atoms with Crippen LogP contribution in [0, 0.1) is 11.9 Å². The van der Waals surface area contributed by atoms with Gasteiger partial charge in [0.15, 0.2) is 0 Å². The van der Waals surface area contributed by atoms with Gasteiger partial charge >= 0.3 is 0 Å². The zero-order chi connectivity index (χ0) is 8.10. The van der Waals surface area contributed by atoms with Crippen LogP contribution in [0.15, 0.2) is 18.2 Å². The van der Waals surface area contributed by atoms with Crippen molar-refractivity contribution in [2.75, 3.05) is 0 Å². The zero-order valence-electron chi connectivity index (χ0n) is 6.73. The quantitative estimate of drug-likeness (QED) is 0.623. The second-order valence-electron chi connectivity index (χ2n) is 2.62. The highest BCUT2D eigenvalue weighted by atomic mass is 19.1. The normalized spacial score (nSPS) is 10.0. The maximum Gasteiger partial charge on any atom is 0.127 e. The van der Waals surface area contributed by atoms with Gasteiger partial charge in [-0.1, -0.05) is 25.5 Å². The van der Waals surface area contributed by atoms with Crippen molar-refractivity contribution in [3.63, 3.8) is 0 Å². The minimum Gasteiger partial charge on any atom is -0.207 e. The monoisotopic (exact) mass is 151 g/mol. The second-order valence-corrected chi connectivity index (χ2v) is 2.62. The summed E-state index contributed by atoms with van der Waals surface area (Å²) < 4.78 is 12.9. The number of rotatable bonds is 3. The lowest BCUT2D eigenvalue weighted by molar-refractivity contribution is 0.603. The van der Waals surface area contributed by atoms with Crippen LogP contribution < -0.4 is 0 Å². The molecule has 0 aliphatic heterocycles. The van der Waals surface area contributed by atoms with E-state index in [1.165, 1.54) is 6.07 Å². The predicted molar refractivity (Wildman–Crippen MR) is 43.8 cm³/mol. The van der Waals surface area contributed by atoms with Gasteiger partial charge in [0.25, 0.3) is 0 Å². The molecule has 0 fully saturated rings. The lowest BCUT2D eigenvalue weighted by atomic mass is 10.1. The molecule has 1 heteroatoms. The van der Waals surface area contributed by atoms with E-state index >= 15 is 0 Å². The van der Waals surface area contributed by atoms with Gasteiger partial charge < -0.3 is 0 Å². The molecule has 0 saturated carbocycles. The van der Waals surface area contributed by atoms with E-state index in [0.717, 1.165) is 24.8 Å². The Labute approximate surface area is 67.1 Å². The van der Waals surface area contributed by atoms with E-state index in [1.54, 1.807) is 12.1 Å². The van der Waals surface area contributed by atoms with Gasteiger partial charge in [-0.2, -0.15) is 0 Å². The van der Waals surface area contributed by atoms with Gasteiger partial charge in [-0.25, -0.2) is 4.39 Å². The third-order valence-electron chi connectivity index (χ3n) is 1.70. The first kappa shape index (κ1) is 8.25. The number of halogens is 1. The van der Waals surface area contributed by atoms with Crippen molar-refractivity contribution >= 4 is 0 Å². The molecule has 0 nitrogen and oxygen atoms in total. The van der Waals surface area contributed by atoms with Gasteiger partial charge in [0.1, 0.15) is 5.82 Å². The van der Waals surface area contributed by atoms with Gasteiger partial charge in [0.05, 0.1) is 0 Å². The van der Waals surface area contributed by atoms with Crippen molar-refractivity contribution in [3.05, 3.63) is 35.6 Å². The lowest BCUT2D eigenvalue weighted by Crippen LogP contribution is -1.88. The van der Waals surface area contributed by atoms with Crippen LogP contribution in [0.2, 0.25) is 0 Å². The van der Waals surface area contributed by atoms with Crippen LogP contribution in [0.4, 0.5) is 4.39 Å². The number of hydrogen-bond acceptors (Lipinski definition) is 0. The minimum atomic E-state index is -0.124. The average molecular weight is 151 g/mol. The highest BCUT2D eigenvalue weighted by Gasteiger charge is 1.97. The molecule has 1 radical (unpaired) electrons. The van der Waals surface area contributed by atoms with Crippen LogP contribution >= 0.6 is 0 Å². The fourth-order valence-corrected chi connectivity index (χ4v) is 1.01. The summed E-state index contributed by atoms with van der Waals surface area (Å²) in [4.78, 5) is 0. The van der Waals surface area contributed by atoms with E-state index in [9.17, 15) is 4.39 Å². The van der Waals surface area contributed by atoms with Crippen molar-refractivity contribution < 1.29 is 4.39 Å². The molecule has 0 amide bonds. The third kappa shape index (κ3) is 2.34. The summed E-state index contributed by atoms with van der Waals surface area (Å²) in [7, 11) is 0. The maximum absolute atomic E-state index is 12.9. The summed E-state index contributed by atoms with van der Waals surface area (Å²) in [6, 6.07) is 7.65. The van der Waals surface area contributed by atoms with Crippen LogP contribution in [0.5, 0.6) is 0 Å². The molecule has 0 unspecified atom stereocenters. The van der Waals surface area contributed by atoms with E-state index in [0.29, 0.717) is 0 Å². The Morgan fingerprint density at radius 1 is 1.55 bits per heavy atom. The maximum atomic E-state index is 12.9. The predicted octanol–water partition coefficient (Wildman–Crippen LogP) is 2.97. The summed E-state index contributed by atoms with van der Waals surface area (Å²) in [5, 5.41) is 0. The van der Waals surface area contributed by atoms with Crippen LogP contribution in [0.1, 0.15) is 25.3 Å². The Hall–Kier alpha value is -0.850. The van der Waals surface area contributed by atoms with E-state index in [1.807, 2.05) is 0 Å². The van der Waals surface area contributed by atoms with Crippen LogP contribution in [-0.2, 0) is 6.42 Å². The second kappa shape index (κ2) is 4.12. The van der Waals surface area contributed by atoms with Gasteiger partial charge in [-0.15, -0.1) is 0 Å². The molecule has 0 aromatic heterocycles. The lowest BCUT2D eigenvalue weighted by Gasteiger charge is -1.99. The van der Waals surface area contributed by atoms with E-state index in [-0.39, 0.29) is 5.82 Å². The fraction of sp³-hybridized carbons (Fsp3) is 0.400. The molecule has 0 bridgehead atoms. The first-order valence-corrected chi connectivity index (χ1v) is 3.99. The van der Waals surface area contributed by atoms with E-state index < -0.39 is 0 Å². The fourth-order valence-electron chi connectivity index (χ4n) is 1.01. The summed E-state index contributed by atoms with van der Waals surface area (Å²) in [5.74, 6) is -0.124. The molecule has 0 aliphatic rings. The molecule has 0 saturated heterocycles. The smallest absolute Gasteiger partial charge is 0.127 e. The van der Waals surface area contributed by atoms with Gasteiger partial charge in [-0.05, 0) is 30.5 Å². The molecule has 1 aromatic carbocycles. The molecular formula is C10H12F. The Bertz CT molecular complexity index is 218. The third-order valence-corrected chi connectivity index (χ3v) is 1.70. The zero-order valence-corrected chi connectivity index (χ0v) is 6.73. The largest absolute Gasteiger partial charge is 0.207 e. The molecule has 11 heavy (non-hydrogen) atoms. The van der Waals surface area contributed by atoms with E-state index in [2.05, 4.69) is 13.0 Å². The number of benzene rings is 1. The minimum absolute atomic E-state index is 0.124. The Morgan fingerprint density at radius 3 is 3.00 bits per heavy atom. The summed E-state index contributed by atoms with van der Waals surface area (Å²) in [6.45, 7) is 2.10. The highest BCUT2D eigenvalue weighted by molar-refractivity contribution is 5.16. The molecule has 0 heterocycles. The van der Waals surface area contributed by atoms with Crippen molar-refractivity contribution in [1.29, 1.82) is 0 Å². The SMILES string of the molecule is CCCCc1cc[c]cc1F. The molecule has 0 aliphatic carbocycles. The standard InChI is InChI=1S/C10H12F/c1-2-3-6-9-7-4-5-8-10(9)11/h4,7-8H,2-3,6H2,1H3. The van der Waals surface area contributed by atoms with Gasteiger partial charge in [-0.3, -0.25) is 0 Å². The van der Waals surface area contributed by atoms with Crippen LogP contribution in [0.25, 0.3) is 0 Å². The molecule has 0 N–H and O–H groups in total. The summed E-state index contributed by atoms with van der Waals surface area (Å²) in [6.07, 6.45) is 3.01. The van der Waals surface area contributed by atoms with Gasteiger partial charge in [0.2, 0.25) is 0 Å². The van der Waals surface area contributed by atoms with Crippen molar-refractivity contribution in [2.45, 2.75) is 26.2 Å². The van der Waals surface area contributed by atoms with E-state index in [4.69, 9.17) is 0 Å². The molecule has 0 atom stereocenters. The van der Waals surface area contributed by atoms with Gasteiger partial charge in [0, 0.05) is 0 Å². The summed E-state index contributed by atoms with van der Waals surface area (Å²) in [5.41, 5.74) is 0.811. The number of unbranched alkanes of at least 4 members (excludes halogenated alkanes) is 1. The highest BCUT2D eigenvalue weighted by Crippen LogP contribution is 2.08. The average Bonchev–Trinajstić information content (AvgIpc) is 2.03. The number of aryl methyl sites for hydroxylation is 1. The molecule has 1 rings (SSSR count). The van der Waals surface area contributed by atoms with Crippen molar-refractivity contribution in [1.82, 2.24) is 0 Å². The first-order chi connectivity index (χ1) is 5.34. The molecule has 0 spiro atoms. The van der Waals surface area contributed by atoms with Crippen molar-refractivity contribution in [3.8, 4) is 0 Å². The van der Waals surface area contributed by atoms with Crippen LogP contribution in [0.3, 0.4) is 0 Å². The van der Waals surface area contributed by atoms with Crippen molar-refractivity contribution in [2.24, 2.45) is 0 Å². The van der Waals surface area contributed by atoms with Crippen LogP contribution in [-0.4, -0.2) is 0 Å². The molecule has 1 aromatic rings. The topological polar surface area (TPSA) is 0 Å². The first-order valence-electron chi connectivity index (χ1n) is 3.99.